The first-order chi connectivity index (χ1) is 20.5. The van der Waals surface area contributed by atoms with Gasteiger partial charge in [0.05, 0.1) is 36.6 Å². The molecule has 3 fully saturated rings. The summed E-state index contributed by atoms with van der Waals surface area (Å²) >= 11 is 0. The minimum Gasteiger partial charge on any atom is -0.384 e. The van der Waals surface area contributed by atoms with Gasteiger partial charge in [-0.2, -0.15) is 13.2 Å². The van der Waals surface area contributed by atoms with E-state index < -0.39 is 29.2 Å². The molecule has 1 saturated carbocycles. The van der Waals surface area contributed by atoms with Gasteiger partial charge in [-0.25, -0.2) is 0 Å². The summed E-state index contributed by atoms with van der Waals surface area (Å²) in [7, 11) is 0. The van der Waals surface area contributed by atoms with E-state index in [-0.39, 0.29) is 30.1 Å². The number of carbonyl (C=O) groups is 3. The number of aliphatic hydroxyl groups is 1. The van der Waals surface area contributed by atoms with Gasteiger partial charge in [0, 0.05) is 50.0 Å². The topological polar surface area (TPSA) is 124 Å². The van der Waals surface area contributed by atoms with Gasteiger partial charge in [0.25, 0.3) is 11.8 Å². The molecule has 10 nitrogen and oxygen atoms in total. The van der Waals surface area contributed by atoms with E-state index in [4.69, 9.17) is 4.74 Å². The van der Waals surface area contributed by atoms with Crippen LogP contribution in [0.4, 0.5) is 13.2 Å². The zero-order chi connectivity index (χ0) is 30.6. The summed E-state index contributed by atoms with van der Waals surface area (Å²) in [6, 6.07) is 7.64. The van der Waals surface area contributed by atoms with Crippen LogP contribution in [0.25, 0.3) is 0 Å². The monoisotopic (exact) mass is 603 g/mol. The molecule has 0 spiro atoms. The second-order valence-electron chi connectivity index (χ2n) is 11.4. The summed E-state index contributed by atoms with van der Waals surface area (Å²) in [5, 5.41) is 16.6. The van der Waals surface area contributed by atoms with Crippen LogP contribution in [0.5, 0.6) is 0 Å². The molecular weight excluding hydrogens is 567 g/mol. The smallest absolute Gasteiger partial charge is 0.384 e. The first-order valence-corrected chi connectivity index (χ1v) is 14.6. The van der Waals surface area contributed by atoms with Crippen molar-refractivity contribution in [3.05, 3.63) is 65.0 Å². The van der Waals surface area contributed by atoms with Crippen LogP contribution in [0, 0.1) is 0 Å². The van der Waals surface area contributed by atoms with Crippen molar-refractivity contribution in [2.75, 3.05) is 45.9 Å². The lowest BCUT2D eigenvalue weighted by Crippen LogP contribution is -2.45. The number of benzene rings is 1. The number of ether oxygens (including phenoxy) is 1. The van der Waals surface area contributed by atoms with Gasteiger partial charge < -0.3 is 25.4 Å². The first-order valence-electron chi connectivity index (χ1n) is 14.6. The van der Waals surface area contributed by atoms with Crippen LogP contribution in [-0.4, -0.2) is 95.6 Å². The lowest BCUT2D eigenvalue weighted by atomic mass is 9.79. The van der Waals surface area contributed by atoms with Crippen LogP contribution in [-0.2, 0) is 21.3 Å². The number of pyridine rings is 1. The van der Waals surface area contributed by atoms with Crippen molar-refractivity contribution >= 4 is 17.7 Å². The lowest BCUT2D eigenvalue weighted by Gasteiger charge is -2.39. The van der Waals surface area contributed by atoms with Gasteiger partial charge in [-0.1, -0.05) is 6.07 Å². The van der Waals surface area contributed by atoms with Gasteiger partial charge >= 0.3 is 6.18 Å². The number of morpholine rings is 1. The summed E-state index contributed by atoms with van der Waals surface area (Å²) in [6.45, 7) is 3.21. The third kappa shape index (κ3) is 7.51. The van der Waals surface area contributed by atoms with E-state index in [1.165, 1.54) is 12.3 Å². The minimum absolute atomic E-state index is 0.0909. The molecule has 2 saturated heterocycles. The van der Waals surface area contributed by atoms with Gasteiger partial charge in [0.2, 0.25) is 5.91 Å². The Balaban J connectivity index is 1.05. The Morgan fingerprint density at radius 3 is 2.44 bits per heavy atom. The quantitative estimate of drug-likeness (QED) is 0.444. The highest BCUT2D eigenvalue weighted by molar-refractivity contribution is 5.96. The molecule has 1 aromatic carbocycles. The highest BCUT2D eigenvalue weighted by Crippen LogP contribution is 2.38. The van der Waals surface area contributed by atoms with E-state index in [1.54, 1.807) is 17.0 Å². The largest absolute Gasteiger partial charge is 0.416 e. The Morgan fingerprint density at radius 2 is 1.77 bits per heavy atom. The van der Waals surface area contributed by atoms with Crippen molar-refractivity contribution < 1.29 is 37.4 Å². The van der Waals surface area contributed by atoms with Gasteiger partial charge in [-0.05, 0) is 62.4 Å². The second-order valence-corrected chi connectivity index (χ2v) is 11.4. The number of nitrogens with zero attached hydrogens (tertiary/aromatic N) is 3. The first kappa shape index (κ1) is 30.9. The van der Waals surface area contributed by atoms with Crippen molar-refractivity contribution in [2.24, 2.45) is 0 Å². The molecule has 3 heterocycles. The van der Waals surface area contributed by atoms with E-state index in [0.29, 0.717) is 56.9 Å². The number of amides is 3. The second kappa shape index (κ2) is 13.0. The summed E-state index contributed by atoms with van der Waals surface area (Å²) in [6.07, 6.45) is 0.251. The number of likely N-dealkylation sites (tertiary alicyclic amines) is 1. The Labute approximate surface area is 247 Å². The Kier molecular flexibility index (Phi) is 9.33. The third-order valence-corrected chi connectivity index (χ3v) is 8.53. The Hall–Kier alpha value is -3.55. The number of halogens is 3. The van der Waals surface area contributed by atoms with Crippen molar-refractivity contribution in [3.63, 3.8) is 0 Å². The van der Waals surface area contributed by atoms with E-state index in [1.807, 2.05) is 0 Å². The maximum Gasteiger partial charge on any atom is 0.416 e. The molecule has 3 amide bonds. The van der Waals surface area contributed by atoms with Crippen LogP contribution in [0.3, 0.4) is 0 Å². The molecule has 2 aromatic rings. The standard InChI is InChI=1S/C30H36F3N5O5/c31-30(32,33)22-3-1-2-20(16-22)27(40)35-18-26(39)36-23-8-11-38(19-23)24-6-9-29(42,10-7-24)25-5-4-21(17-34-25)28(41)37-12-14-43-15-13-37/h1-5,16-17,23-24,42H,6-15,18-19H2,(H,35,40)(H,36,39)/t23-,24?,29?/m1/s1. The number of nitrogens with one attached hydrogen (secondary N) is 2. The molecule has 0 bridgehead atoms. The average Bonchev–Trinajstić information content (AvgIpc) is 3.48. The fourth-order valence-corrected chi connectivity index (χ4v) is 6.06. The maximum atomic E-state index is 12.9. The van der Waals surface area contributed by atoms with Gasteiger partial charge in [0.15, 0.2) is 0 Å². The molecule has 2 aliphatic heterocycles. The van der Waals surface area contributed by atoms with Gasteiger partial charge in [0.1, 0.15) is 5.60 Å². The van der Waals surface area contributed by atoms with Gasteiger partial charge in [-0.3, -0.25) is 24.3 Å². The predicted octanol–water partition coefficient (Wildman–Crippen LogP) is 2.32. The summed E-state index contributed by atoms with van der Waals surface area (Å²) in [5.74, 6) is -1.25. The zero-order valence-electron chi connectivity index (χ0n) is 23.7. The predicted molar refractivity (Wildman–Crippen MR) is 149 cm³/mol. The lowest BCUT2D eigenvalue weighted by molar-refractivity contribution is -0.137. The molecule has 1 aromatic heterocycles. The number of carbonyl (C=O) groups excluding carboxylic acids is 3. The van der Waals surface area contributed by atoms with Crippen LogP contribution in [0.15, 0.2) is 42.6 Å². The fourth-order valence-electron chi connectivity index (χ4n) is 6.06. The van der Waals surface area contributed by atoms with Gasteiger partial charge in [-0.15, -0.1) is 0 Å². The van der Waals surface area contributed by atoms with E-state index in [2.05, 4.69) is 20.5 Å². The third-order valence-electron chi connectivity index (χ3n) is 8.53. The van der Waals surface area contributed by atoms with Crippen molar-refractivity contribution in [1.29, 1.82) is 0 Å². The fraction of sp³-hybridized carbons (Fsp3) is 0.533. The molecule has 1 atom stereocenters. The Morgan fingerprint density at radius 1 is 1.02 bits per heavy atom. The number of rotatable bonds is 7. The maximum absolute atomic E-state index is 12.9. The SMILES string of the molecule is O=C(CNC(=O)c1cccc(C(F)(F)F)c1)N[C@@H]1CCN(C2CCC(O)(c3ccc(C(=O)N4CCOCC4)cn3)CC2)C1. The van der Waals surface area contributed by atoms with Crippen LogP contribution in [0.2, 0.25) is 0 Å². The van der Waals surface area contributed by atoms with E-state index in [9.17, 15) is 32.7 Å². The highest BCUT2D eigenvalue weighted by atomic mass is 19.4. The molecule has 13 heteroatoms. The van der Waals surface area contributed by atoms with Crippen molar-refractivity contribution in [3.8, 4) is 0 Å². The van der Waals surface area contributed by atoms with E-state index >= 15 is 0 Å². The minimum atomic E-state index is -4.56. The molecule has 3 N–H and O–H groups in total. The number of hydrogen-bond acceptors (Lipinski definition) is 7. The number of aromatic nitrogens is 1. The molecule has 3 aliphatic rings. The van der Waals surface area contributed by atoms with E-state index in [0.717, 1.165) is 44.0 Å². The molecule has 1 aliphatic carbocycles. The summed E-state index contributed by atoms with van der Waals surface area (Å²) in [5.41, 5.74) is -1.12. The molecule has 43 heavy (non-hydrogen) atoms. The molecular formula is C30H36F3N5O5. The van der Waals surface area contributed by atoms with Crippen molar-refractivity contribution in [1.82, 2.24) is 25.4 Å². The molecule has 232 valence electrons. The number of alkyl halides is 3. The van der Waals surface area contributed by atoms with Crippen LogP contribution >= 0.6 is 0 Å². The number of hydrogen-bond donors (Lipinski definition) is 3. The van der Waals surface area contributed by atoms with Crippen LogP contribution < -0.4 is 10.6 Å². The average molecular weight is 604 g/mol. The molecule has 0 unspecified atom stereocenters. The summed E-state index contributed by atoms with van der Waals surface area (Å²) < 4.78 is 44.1. The Bertz CT molecular complexity index is 1310. The summed E-state index contributed by atoms with van der Waals surface area (Å²) in [4.78, 5) is 45.9. The normalized spacial score (nSPS) is 24.9. The highest BCUT2D eigenvalue weighted by Gasteiger charge is 2.39. The molecule has 0 radical (unpaired) electrons. The molecule has 5 rings (SSSR count). The zero-order valence-corrected chi connectivity index (χ0v) is 23.7. The van der Waals surface area contributed by atoms with Crippen molar-refractivity contribution in [2.45, 2.75) is 56.0 Å². The van der Waals surface area contributed by atoms with Crippen LogP contribution in [0.1, 0.15) is 64.1 Å².